The minimum Gasteiger partial charge on any atom is -0.339 e. The molecule has 2 aliphatic heterocycles. The minimum atomic E-state index is -4.20. The number of nitrogens with zero attached hydrogens (tertiary/aromatic N) is 4. The molecule has 9 nitrogen and oxygen atoms in total. The van der Waals surface area contributed by atoms with Crippen LogP contribution in [0.1, 0.15) is 23.5 Å². The van der Waals surface area contributed by atoms with Crippen molar-refractivity contribution in [2.45, 2.75) is 22.5 Å². The van der Waals surface area contributed by atoms with Crippen molar-refractivity contribution in [3.8, 4) is 0 Å². The number of hydrazone groups is 1. The van der Waals surface area contributed by atoms with Crippen LogP contribution in [0.2, 0.25) is 10.0 Å². The van der Waals surface area contributed by atoms with Crippen LogP contribution in [0.4, 0.5) is 0 Å². The summed E-state index contributed by atoms with van der Waals surface area (Å²) in [5.74, 6) is -0.187. The van der Waals surface area contributed by atoms with Crippen LogP contribution in [0.15, 0.2) is 93.3 Å². The maximum atomic E-state index is 13.4. The molecule has 0 aliphatic carbocycles. The largest absolute Gasteiger partial charge is 0.339 e. The lowest BCUT2D eigenvalue weighted by molar-refractivity contribution is 0.376. The van der Waals surface area contributed by atoms with E-state index in [1.807, 2.05) is 42.5 Å². The number of sulfonamides is 2. The summed E-state index contributed by atoms with van der Waals surface area (Å²) in [6, 6.07) is 22.6. The number of likely N-dealkylation sites (tertiary alicyclic amines) is 1. The van der Waals surface area contributed by atoms with Crippen LogP contribution in [0.5, 0.6) is 0 Å². The van der Waals surface area contributed by atoms with Gasteiger partial charge in [-0.1, -0.05) is 65.7 Å². The van der Waals surface area contributed by atoms with E-state index < -0.39 is 25.3 Å². The van der Waals surface area contributed by atoms with Crippen LogP contribution in [0, 0.1) is 0 Å². The van der Waals surface area contributed by atoms with Gasteiger partial charge in [0.1, 0.15) is 0 Å². The number of hydrogen-bond donors (Lipinski definition) is 1. The van der Waals surface area contributed by atoms with Gasteiger partial charge in [-0.2, -0.15) is 13.5 Å². The summed E-state index contributed by atoms with van der Waals surface area (Å²) in [4.78, 5) is 1.56. The highest BCUT2D eigenvalue weighted by molar-refractivity contribution is 7.90. The second kappa shape index (κ2) is 10.9. The molecule has 0 radical (unpaired) electrons. The Morgan fingerprint density at radius 1 is 0.872 bits per heavy atom. The molecule has 1 saturated heterocycles. The molecule has 3 aromatic carbocycles. The van der Waals surface area contributed by atoms with E-state index >= 15 is 0 Å². The highest BCUT2D eigenvalue weighted by Crippen LogP contribution is 2.31. The molecule has 0 saturated carbocycles. The van der Waals surface area contributed by atoms with Gasteiger partial charge in [-0.25, -0.2) is 18.6 Å². The first-order valence-electron chi connectivity index (χ1n) is 12.1. The van der Waals surface area contributed by atoms with Crippen LogP contribution in [0.25, 0.3) is 0 Å². The topological polar surface area (TPSA) is 126 Å². The molecule has 0 spiro atoms. The summed E-state index contributed by atoms with van der Waals surface area (Å²) in [5.41, 5.74) is 2.51. The molecule has 2 N–H and O–H groups in total. The fourth-order valence-electron chi connectivity index (χ4n) is 4.67. The van der Waals surface area contributed by atoms with E-state index in [4.69, 9.17) is 33.4 Å². The molecule has 3 aromatic rings. The summed E-state index contributed by atoms with van der Waals surface area (Å²) >= 11 is 12.1. The molecule has 0 amide bonds. The lowest BCUT2D eigenvalue weighted by Crippen LogP contribution is -2.42. The van der Waals surface area contributed by atoms with Gasteiger partial charge < -0.3 is 4.90 Å². The predicted molar refractivity (Wildman–Crippen MR) is 153 cm³/mol. The fourth-order valence-corrected chi connectivity index (χ4v) is 6.75. The maximum Gasteiger partial charge on any atom is 0.285 e. The molecule has 13 heteroatoms. The average molecular weight is 607 g/mol. The third kappa shape index (κ3) is 6.12. The Hall–Kier alpha value is -2.96. The van der Waals surface area contributed by atoms with Gasteiger partial charge in [-0.15, -0.1) is 4.40 Å². The number of nitrogens with two attached hydrogens (primary N) is 1. The Morgan fingerprint density at radius 3 is 2.08 bits per heavy atom. The summed E-state index contributed by atoms with van der Waals surface area (Å²) in [6.45, 7) is 0.522. The predicted octanol–water partition coefficient (Wildman–Crippen LogP) is 3.90. The quantitative estimate of drug-likeness (QED) is 0.347. The highest BCUT2D eigenvalue weighted by Gasteiger charge is 2.39. The van der Waals surface area contributed by atoms with Crippen LogP contribution < -0.4 is 5.14 Å². The van der Waals surface area contributed by atoms with Crippen molar-refractivity contribution in [1.29, 1.82) is 0 Å². The Morgan fingerprint density at radius 2 is 1.49 bits per heavy atom. The molecule has 0 aromatic heterocycles. The zero-order valence-corrected chi connectivity index (χ0v) is 23.7. The average Bonchev–Trinajstić information content (AvgIpc) is 3.57. The van der Waals surface area contributed by atoms with E-state index in [0.29, 0.717) is 15.8 Å². The van der Waals surface area contributed by atoms with Gasteiger partial charge in [-0.05, 0) is 53.9 Å². The van der Waals surface area contributed by atoms with Crippen LogP contribution in [-0.4, -0.2) is 63.3 Å². The lowest BCUT2D eigenvalue weighted by Gasteiger charge is -2.26. The highest BCUT2D eigenvalue weighted by atomic mass is 35.5. The van der Waals surface area contributed by atoms with E-state index in [-0.39, 0.29) is 42.8 Å². The summed E-state index contributed by atoms with van der Waals surface area (Å²) in [6.07, 6.45) is 0.239. The third-order valence-electron chi connectivity index (χ3n) is 6.69. The van der Waals surface area contributed by atoms with E-state index in [0.717, 1.165) is 11.1 Å². The zero-order chi connectivity index (χ0) is 27.8. The lowest BCUT2D eigenvalue weighted by atomic mass is 9.91. The Bertz CT molecular complexity index is 1630. The van der Waals surface area contributed by atoms with Gasteiger partial charge in [0.25, 0.3) is 10.0 Å². The van der Waals surface area contributed by atoms with Gasteiger partial charge in [-0.3, -0.25) is 0 Å². The van der Waals surface area contributed by atoms with Crippen molar-refractivity contribution in [2.24, 2.45) is 14.6 Å². The monoisotopic (exact) mass is 605 g/mol. The molecule has 0 bridgehead atoms. The Kier molecular flexibility index (Phi) is 7.71. The number of guanidine groups is 1. The number of rotatable bonds is 5. The van der Waals surface area contributed by atoms with Crippen molar-refractivity contribution in [2.75, 3.05) is 19.6 Å². The fraction of sp³-hybridized carbons (Fsp3) is 0.231. The Labute approximate surface area is 237 Å². The van der Waals surface area contributed by atoms with Gasteiger partial charge in [0.15, 0.2) is 0 Å². The summed E-state index contributed by atoms with van der Waals surface area (Å²) in [7, 11) is -8.03. The molecule has 1 fully saturated rings. The van der Waals surface area contributed by atoms with Gasteiger partial charge in [0.2, 0.25) is 16.0 Å². The van der Waals surface area contributed by atoms with Gasteiger partial charge in [0, 0.05) is 29.1 Å². The summed E-state index contributed by atoms with van der Waals surface area (Å²) in [5, 5.41) is 11.9. The van der Waals surface area contributed by atoms with E-state index in [1.165, 1.54) is 29.3 Å². The smallest absolute Gasteiger partial charge is 0.285 e. The van der Waals surface area contributed by atoms with Crippen molar-refractivity contribution in [3.05, 3.63) is 100 Å². The standard InChI is InChI=1S/C26H25Cl2N5O4S2/c27-20-8-6-19(7-9-20)25-24(18-4-2-1-3-5-18)17-33(30-25)26(32-15-14-23(16-32)38(29,34)35)31-39(36,37)22-12-10-21(28)11-13-22/h1-13,23-24H,14-17H2,(H2,29,34,35)/t23-,24-/m0/s1. The number of benzene rings is 3. The SMILES string of the molecule is NS(=O)(=O)[C@H]1CCN(C(=NS(=O)(=O)c2ccc(Cl)cc2)N2C[C@@H](c3ccccc3)C(c3ccc(Cl)cc3)=N2)C1. The van der Waals surface area contributed by atoms with Crippen LogP contribution in [0.3, 0.4) is 0 Å². The zero-order valence-electron chi connectivity index (χ0n) is 20.6. The van der Waals surface area contributed by atoms with E-state index in [9.17, 15) is 16.8 Å². The molecular formula is C26H25Cl2N5O4S2. The normalized spacial score (nSPS) is 20.4. The van der Waals surface area contributed by atoms with Crippen molar-refractivity contribution in [1.82, 2.24) is 9.91 Å². The first-order chi connectivity index (χ1) is 18.5. The van der Waals surface area contributed by atoms with Crippen molar-refractivity contribution in [3.63, 3.8) is 0 Å². The maximum absolute atomic E-state index is 13.4. The van der Waals surface area contributed by atoms with Crippen molar-refractivity contribution < 1.29 is 16.8 Å². The second-order valence-electron chi connectivity index (χ2n) is 9.30. The second-order valence-corrected chi connectivity index (χ2v) is 13.6. The number of primary sulfonamides is 1. The first-order valence-corrected chi connectivity index (χ1v) is 15.9. The third-order valence-corrected chi connectivity index (χ3v) is 9.78. The molecule has 2 aliphatic rings. The van der Waals surface area contributed by atoms with E-state index in [1.54, 1.807) is 17.0 Å². The summed E-state index contributed by atoms with van der Waals surface area (Å²) < 4.78 is 55.2. The van der Waals surface area contributed by atoms with Gasteiger partial charge >= 0.3 is 0 Å². The molecule has 2 heterocycles. The molecule has 39 heavy (non-hydrogen) atoms. The van der Waals surface area contributed by atoms with Crippen molar-refractivity contribution >= 4 is 54.9 Å². The van der Waals surface area contributed by atoms with Crippen LogP contribution >= 0.6 is 23.2 Å². The van der Waals surface area contributed by atoms with Gasteiger partial charge in [0.05, 0.1) is 22.4 Å². The van der Waals surface area contributed by atoms with E-state index in [2.05, 4.69) is 4.40 Å². The molecule has 204 valence electrons. The number of halogens is 2. The molecule has 5 rings (SSSR count). The Balaban J connectivity index is 1.60. The first kappa shape index (κ1) is 27.6. The number of hydrogen-bond acceptors (Lipinski definition) is 5. The molecule has 0 unspecified atom stereocenters. The molecule has 2 atom stereocenters. The molecular weight excluding hydrogens is 581 g/mol. The van der Waals surface area contributed by atoms with Crippen LogP contribution in [-0.2, 0) is 20.0 Å². The minimum absolute atomic E-state index is 0.00783.